The number of halogens is 2. The highest BCUT2D eigenvalue weighted by Crippen LogP contribution is 2.28. The van der Waals surface area contributed by atoms with Crippen LogP contribution >= 0.6 is 23.2 Å². The van der Waals surface area contributed by atoms with Crippen molar-refractivity contribution in [2.24, 2.45) is 11.1 Å². The van der Waals surface area contributed by atoms with Crippen molar-refractivity contribution in [1.29, 1.82) is 0 Å². The average molecular weight is 1940 g/mol. The van der Waals surface area contributed by atoms with Gasteiger partial charge in [-0.2, -0.15) is 9.97 Å². The van der Waals surface area contributed by atoms with E-state index in [0.29, 0.717) is 57.0 Å². The Labute approximate surface area is 771 Å². The zero-order valence-corrected chi connectivity index (χ0v) is 77.8. The number of anilines is 9. The first-order chi connectivity index (χ1) is 62.6. The monoisotopic (exact) mass is 1940 g/mol. The Morgan fingerprint density at radius 1 is 0.496 bits per heavy atom. The van der Waals surface area contributed by atoms with Crippen LogP contribution in [0.3, 0.4) is 0 Å². The number of urea groups is 6. The van der Waals surface area contributed by atoms with Crippen LogP contribution in [0.2, 0.25) is 10.0 Å². The molecule has 51 nitrogen and oxygen atoms in total. The van der Waals surface area contributed by atoms with Crippen LogP contribution in [0.15, 0.2) is 143 Å². The topological polar surface area (TPSA) is 708 Å². The van der Waals surface area contributed by atoms with Crippen molar-refractivity contribution < 1.29 is 92.3 Å². The molecule has 0 fully saturated rings. The number of benzene rings is 4. The largest absolute Gasteiger partial charge is 0.493 e. The van der Waals surface area contributed by atoms with E-state index in [1.165, 1.54) is 77.0 Å². The molecule has 56 heteroatoms. The van der Waals surface area contributed by atoms with E-state index in [2.05, 4.69) is 152 Å². The van der Waals surface area contributed by atoms with Gasteiger partial charge < -0.3 is 50.8 Å². The smallest absolute Gasteiger partial charge is 0.376 e. The number of aryl methyl sites for hydroxylation is 6. The maximum absolute atomic E-state index is 12.3. The quantitative estimate of drug-likeness (QED) is 0.00759. The summed E-state index contributed by atoms with van der Waals surface area (Å²) in [6, 6.07) is 23.6. The fraction of sp³-hybridized carbons (Fsp3) is 0.260. The van der Waals surface area contributed by atoms with Gasteiger partial charge in [-0.05, 0) is 145 Å². The van der Waals surface area contributed by atoms with Crippen molar-refractivity contribution in [2.45, 2.75) is 84.2 Å². The molecule has 6 aromatic heterocycles. The number of methoxy groups -OCH3 is 2. The number of fused-ring (bicyclic) bond motifs is 1. The number of sulfonamides is 1. The van der Waals surface area contributed by atoms with Gasteiger partial charge in [0.05, 0.1) is 82.9 Å². The Morgan fingerprint density at radius 3 is 1.59 bits per heavy atom. The highest BCUT2D eigenvalue weighted by Gasteiger charge is 2.23. The van der Waals surface area contributed by atoms with E-state index in [1.807, 2.05) is 84.9 Å². The van der Waals surface area contributed by atoms with E-state index >= 15 is 0 Å². The summed E-state index contributed by atoms with van der Waals surface area (Å²) in [6.45, 7) is 19.0. The number of sulfone groups is 2. The van der Waals surface area contributed by atoms with Gasteiger partial charge in [0.25, 0.3) is 5.69 Å². The van der Waals surface area contributed by atoms with Crippen LogP contribution in [0.25, 0.3) is 10.9 Å². The van der Waals surface area contributed by atoms with Crippen LogP contribution in [0.4, 0.5) is 86.7 Å². The third-order valence-corrected chi connectivity index (χ3v) is 19.0. The number of nitrogens with one attached hydrogen (secondary N) is 18. The lowest BCUT2D eigenvalue weighted by molar-refractivity contribution is -0.385. The van der Waals surface area contributed by atoms with E-state index in [1.54, 1.807) is 45.2 Å². The van der Waals surface area contributed by atoms with Crippen LogP contribution in [-0.2, 0) is 43.9 Å². The number of aromatic nitrogens is 10. The second kappa shape index (κ2) is 52.0. The van der Waals surface area contributed by atoms with Gasteiger partial charge in [0.2, 0.25) is 27.7 Å². The van der Waals surface area contributed by atoms with Gasteiger partial charge in [-0.15, -0.1) is 0 Å². The molecular weight excluding hydrogens is 1850 g/mol. The van der Waals surface area contributed by atoms with E-state index < -0.39 is 87.7 Å². The minimum atomic E-state index is -3.92. The normalized spacial score (nSPS) is 10.4. The van der Waals surface area contributed by atoms with E-state index in [0.717, 1.165) is 58.9 Å². The van der Waals surface area contributed by atoms with E-state index in [-0.39, 0.29) is 92.0 Å². The number of nitro groups is 1. The lowest BCUT2D eigenvalue weighted by Crippen LogP contribution is -2.39. The Balaban J connectivity index is 0.000000289. The first-order valence-corrected chi connectivity index (χ1v) is 44.4. The number of amides is 12. The summed E-state index contributed by atoms with van der Waals surface area (Å²) in [7, 11) is -5.60. The van der Waals surface area contributed by atoms with E-state index in [4.69, 9.17) is 42.6 Å². The summed E-state index contributed by atoms with van der Waals surface area (Å²) in [5, 5.41) is 31.1. The van der Waals surface area contributed by atoms with Crippen LogP contribution in [0.5, 0.6) is 5.75 Å². The van der Waals surface area contributed by atoms with Crippen LogP contribution in [0, 0.1) is 57.6 Å². The van der Waals surface area contributed by atoms with Gasteiger partial charge in [-0.25, -0.2) is 125 Å². The van der Waals surface area contributed by atoms with Crippen molar-refractivity contribution in [3.63, 3.8) is 0 Å². The molecule has 6 heterocycles. The van der Waals surface area contributed by atoms with Gasteiger partial charge >= 0.3 is 54.1 Å². The van der Waals surface area contributed by atoms with Gasteiger partial charge in [-0.3, -0.25) is 63.9 Å². The molecule has 0 radical (unpaired) electrons. The summed E-state index contributed by atoms with van der Waals surface area (Å²) in [5.41, 5.74) is 35.9. The molecule has 712 valence electrons. The van der Waals surface area contributed by atoms with Crippen molar-refractivity contribution in [3.05, 3.63) is 199 Å². The van der Waals surface area contributed by atoms with Crippen molar-refractivity contribution in [2.75, 3.05) is 109 Å². The SMILES string of the molecule is CCNC(=O)NNc1nc(C(=O)OC)nc2ccc(C)cc12.CCOC(=O)c1ccc(Cl)c(NC(=O)NNc2nc(C(=O)OCC(C)C)cc(S(C)(=O)=O)n2)c1.CNC(=O)NNc1cnc(C)cn1.CNC(=O)NNc1nc(C)cc(S(C)(=O)=O)n1.COc1cc(S(N)(=O)=O)cnc1NNC(=O)Nc1cc(C)ccc1Cl.Cc1cc(C)cc(NC(=O)NNc2ccc([N+](=O)[O-])cn2)c1. The molecule has 10 rings (SSSR count). The third-order valence-electron chi connectivity index (χ3n) is 15.5. The Hall–Kier alpha value is -15.8. The molecule has 0 atom stereocenters. The molecule has 0 aliphatic rings. The second-order valence-corrected chi connectivity index (χ2v) is 33.5. The number of ether oxygens (including phenoxy) is 4. The van der Waals surface area contributed by atoms with Crippen molar-refractivity contribution in [1.82, 2.24) is 98.3 Å². The zero-order valence-electron chi connectivity index (χ0n) is 73.9. The summed E-state index contributed by atoms with van der Waals surface area (Å²) in [4.78, 5) is 154. The molecule has 0 aliphatic heterocycles. The molecule has 0 saturated heterocycles. The predicted molar refractivity (Wildman–Crippen MR) is 491 cm³/mol. The molecule has 0 bridgehead atoms. The number of hydrogen-bond donors (Lipinski definition) is 19. The average Bonchev–Trinajstić information content (AvgIpc) is 0.782. The Morgan fingerprint density at radius 2 is 1.04 bits per heavy atom. The maximum atomic E-state index is 12.3. The molecule has 0 aliphatic carbocycles. The standard InChI is InChI=1S/C20H24ClN5O7S.C14H16ClN5O4S.C14H15N5O3.C14H17N5O3.C8H13N5O3S.C7H11N5O/c1-5-32-17(27)12-6-7-13(21)14(8-12)23-20(29)26-25-19-22-15(18(28)33-10-11(2)3)9-16(24-19)34(4,30)31;1-8-3-4-10(15)11(5-8)18-14(21)20-19-13-12(24-2)6-9(7-17-13)25(16,22)23;1-9-5-10(2)7-11(6-9)16-14(20)18-17-13-4-3-12(8-15-13)19(21)22;1-4-15-14(21)19-18-11-9-7-8(2)5-6-10(9)16-12(17-11)13(20)22-3;1-5-4-6(17(3,15)16)11-7(10-5)12-13-8(14)9-2;1-5-3-10-6(4-9-5)11-12-7(13)8-2/h6-9,11H,5,10H2,1-4H3,(H,22,24,25)(H2,23,26,29);3-7H,1-2H3,(H,17,19)(H2,16,22,23)(H2,18,20,21);3-8H,1-2H3,(H,15,17)(H2,16,18,20);5-7H,4H2,1-3H3,(H2,15,19,21)(H,16,17,18);4H,1-3H3,(H2,9,13,14)(H,10,11,12);3-4H,1-2H3,(H,10,11)(H2,8,12,13). The summed E-state index contributed by atoms with van der Waals surface area (Å²) >= 11 is 12.1. The number of hydrazine groups is 6. The van der Waals surface area contributed by atoms with Gasteiger partial charge in [0, 0.05) is 74.3 Å². The molecule has 12 amide bonds. The maximum Gasteiger partial charge on any atom is 0.376 e. The van der Waals surface area contributed by atoms with Crippen LogP contribution in [0.1, 0.15) is 92.8 Å². The Bertz CT molecular complexity index is 6160. The second-order valence-electron chi connectivity index (χ2n) is 27.2. The number of nitrogens with two attached hydrogens (primary N) is 1. The fourth-order valence-electron chi connectivity index (χ4n) is 9.50. The number of rotatable bonds is 27. The van der Waals surface area contributed by atoms with Crippen LogP contribution in [-0.4, -0.2) is 195 Å². The number of carbonyl (C=O) groups excluding carboxylic acids is 9. The number of pyridine rings is 2. The fourth-order valence-corrected chi connectivity index (χ4v) is 11.5. The summed E-state index contributed by atoms with van der Waals surface area (Å²) in [6.07, 6.45) is 7.23. The highest BCUT2D eigenvalue weighted by molar-refractivity contribution is 7.91. The third kappa shape index (κ3) is 38.2. The lowest BCUT2D eigenvalue weighted by atomic mass is 10.1. The molecule has 0 unspecified atom stereocenters. The number of esters is 3. The zero-order chi connectivity index (χ0) is 99.0. The molecular formula is C77H96Cl2N30O21S3. The number of nitrogens with zero attached hydrogens (tertiary/aromatic N) is 11. The van der Waals surface area contributed by atoms with Gasteiger partial charge in [-0.1, -0.05) is 60.8 Å². The number of primary sulfonamides is 1. The molecule has 0 spiro atoms. The lowest BCUT2D eigenvalue weighted by Gasteiger charge is -2.13. The summed E-state index contributed by atoms with van der Waals surface area (Å²) in [5.74, 6) is -1.20. The minimum Gasteiger partial charge on any atom is -0.493 e. The minimum absolute atomic E-state index is 0.00836. The highest BCUT2D eigenvalue weighted by atomic mass is 35.5. The predicted octanol–water partition coefficient (Wildman–Crippen LogP) is 8.13. The molecule has 10 aromatic rings. The van der Waals surface area contributed by atoms with E-state index in [9.17, 15) is 78.5 Å². The van der Waals surface area contributed by atoms with Gasteiger partial charge in [0.1, 0.15) is 16.9 Å². The first-order valence-electron chi connectivity index (χ1n) is 38.4. The number of carbonyl (C=O) groups is 9. The summed E-state index contributed by atoms with van der Waals surface area (Å²) < 4.78 is 88.8. The first kappa shape index (κ1) is 108. The molecule has 0 saturated carbocycles. The van der Waals surface area contributed by atoms with Crippen molar-refractivity contribution in [3.8, 4) is 5.75 Å². The van der Waals surface area contributed by atoms with Crippen molar-refractivity contribution >= 4 is 176 Å². The van der Waals surface area contributed by atoms with Gasteiger partial charge in [0.15, 0.2) is 58.6 Å². The number of hydrogen-bond acceptors (Lipinski definition) is 37. The van der Waals surface area contributed by atoms with Crippen LogP contribution < -0.4 is 107 Å². The molecule has 4 aromatic carbocycles. The Kier molecular flexibility index (Phi) is 42.1. The molecule has 20 N–H and O–H groups in total. The molecule has 133 heavy (non-hydrogen) atoms.